The smallest absolute Gasteiger partial charge is 0.337 e. The first-order valence-electron chi connectivity index (χ1n) is 8.88. The molecule has 1 amide bonds. The van der Waals surface area contributed by atoms with E-state index in [-0.39, 0.29) is 5.91 Å². The molecule has 0 atom stereocenters. The highest BCUT2D eigenvalue weighted by Crippen LogP contribution is 2.23. The number of ether oxygens (including phenoxy) is 1. The molecule has 27 heavy (non-hydrogen) atoms. The topological polar surface area (TPSA) is 63.1 Å². The zero-order valence-corrected chi connectivity index (χ0v) is 16.0. The van der Waals surface area contributed by atoms with Gasteiger partial charge in [0.15, 0.2) is 6.54 Å². The van der Waals surface area contributed by atoms with E-state index in [0.717, 1.165) is 26.2 Å². The molecule has 0 radical (unpaired) electrons. The molecule has 2 N–H and O–H groups in total. The van der Waals surface area contributed by atoms with Crippen LogP contribution in [0.2, 0.25) is 5.02 Å². The predicted molar refractivity (Wildman–Crippen MR) is 106 cm³/mol. The van der Waals surface area contributed by atoms with Crippen LogP contribution in [-0.2, 0) is 9.53 Å². The van der Waals surface area contributed by atoms with Crippen molar-refractivity contribution in [3.63, 3.8) is 0 Å². The fourth-order valence-corrected chi connectivity index (χ4v) is 3.35. The minimum Gasteiger partial charge on any atom is -0.465 e. The number of nitrogens with zero attached hydrogens (tertiary/aromatic N) is 1. The van der Waals surface area contributed by atoms with Crippen molar-refractivity contribution in [3.05, 3.63) is 59.1 Å². The molecule has 7 heteroatoms. The number of methoxy groups -OCH3 is 1. The number of hydrogen-bond donors (Lipinski definition) is 2. The van der Waals surface area contributed by atoms with Crippen LogP contribution in [0.5, 0.6) is 0 Å². The Morgan fingerprint density at radius 2 is 1.85 bits per heavy atom. The third-order valence-electron chi connectivity index (χ3n) is 4.66. The van der Waals surface area contributed by atoms with Crippen molar-refractivity contribution in [1.82, 2.24) is 0 Å². The van der Waals surface area contributed by atoms with Crippen LogP contribution in [0.3, 0.4) is 0 Å². The second-order valence-corrected chi connectivity index (χ2v) is 6.89. The summed E-state index contributed by atoms with van der Waals surface area (Å²) in [6.07, 6.45) is 0. The van der Waals surface area contributed by atoms with Gasteiger partial charge >= 0.3 is 5.97 Å². The van der Waals surface area contributed by atoms with Crippen molar-refractivity contribution in [1.29, 1.82) is 0 Å². The SMILES string of the molecule is COC(=O)c1ccc(Cl)c(NC(=O)C[NH+]2CCN(c3ccccc3)CC2)c1. The standard InChI is InChI=1S/C20H22ClN3O3/c1-27-20(26)15-7-8-17(21)18(13-15)22-19(25)14-23-9-11-24(12-10-23)16-5-3-2-4-6-16/h2-8,13H,9-12,14H2,1H3,(H,22,25)/p+1. The van der Waals surface area contributed by atoms with Crippen LogP contribution in [0.4, 0.5) is 11.4 Å². The average molecular weight is 389 g/mol. The summed E-state index contributed by atoms with van der Waals surface area (Å²) in [6, 6.07) is 15.0. The van der Waals surface area contributed by atoms with E-state index < -0.39 is 5.97 Å². The number of amides is 1. The molecule has 2 aromatic carbocycles. The molecule has 6 nitrogen and oxygen atoms in total. The Hall–Kier alpha value is -2.57. The highest BCUT2D eigenvalue weighted by molar-refractivity contribution is 6.33. The second-order valence-electron chi connectivity index (χ2n) is 6.48. The normalized spacial score (nSPS) is 14.7. The summed E-state index contributed by atoms with van der Waals surface area (Å²) < 4.78 is 4.70. The maximum atomic E-state index is 12.4. The Kier molecular flexibility index (Phi) is 6.32. The summed E-state index contributed by atoms with van der Waals surface area (Å²) in [7, 11) is 1.31. The van der Waals surface area contributed by atoms with Crippen LogP contribution < -0.4 is 15.1 Å². The lowest BCUT2D eigenvalue weighted by molar-refractivity contribution is -0.892. The Labute approximate surface area is 163 Å². The first kappa shape index (κ1) is 19.2. The highest BCUT2D eigenvalue weighted by Gasteiger charge is 2.22. The first-order valence-corrected chi connectivity index (χ1v) is 9.26. The number of carbonyl (C=O) groups is 2. The van der Waals surface area contributed by atoms with E-state index in [1.165, 1.54) is 23.8 Å². The first-order chi connectivity index (χ1) is 13.1. The van der Waals surface area contributed by atoms with Crippen LogP contribution in [-0.4, -0.2) is 51.7 Å². The van der Waals surface area contributed by atoms with E-state index in [4.69, 9.17) is 16.3 Å². The number of halogens is 1. The largest absolute Gasteiger partial charge is 0.465 e. The molecular formula is C20H23ClN3O3+. The van der Waals surface area contributed by atoms with Gasteiger partial charge in [-0.15, -0.1) is 0 Å². The number of benzene rings is 2. The molecule has 2 aromatic rings. The number of piperazine rings is 1. The van der Waals surface area contributed by atoms with Gasteiger partial charge in [0.2, 0.25) is 0 Å². The molecule has 0 bridgehead atoms. The van der Waals surface area contributed by atoms with Crippen LogP contribution in [0.25, 0.3) is 0 Å². The van der Waals surface area contributed by atoms with Gasteiger partial charge in [0.1, 0.15) is 0 Å². The number of para-hydroxylation sites is 1. The van der Waals surface area contributed by atoms with Gasteiger partial charge < -0.3 is 19.9 Å². The van der Waals surface area contributed by atoms with Gasteiger partial charge in [0.05, 0.1) is 49.6 Å². The Morgan fingerprint density at radius 3 is 2.52 bits per heavy atom. The molecule has 0 spiro atoms. The number of hydrogen-bond acceptors (Lipinski definition) is 4. The zero-order valence-electron chi connectivity index (χ0n) is 15.2. The van der Waals surface area contributed by atoms with E-state index in [1.54, 1.807) is 12.1 Å². The maximum absolute atomic E-state index is 12.4. The Bertz CT molecular complexity index is 805. The van der Waals surface area contributed by atoms with E-state index in [1.807, 2.05) is 18.2 Å². The van der Waals surface area contributed by atoms with Crippen LogP contribution in [0.15, 0.2) is 48.5 Å². The number of nitrogens with one attached hydrogen (secondary N) is 2. The summed E-state index contributed by atoms with van der Waals surface area (Å²) in [5.41, 5.74) is 1.99. The number of anilines is 2. The summed E-state index contributed by atoms with van der Waals surface area (Å²) in [6.45, 7) is 3.95. The van der Waals surface area contributed by atoms with Gasteiger partial charge in [-0.25, -0.2) is 4.79 Å². The highest BCUT2D eigenvalue weighted by atomic mass is 35.5. The van der Waals surface area contributed by atoms with Gasteiger partial charge in [0, 0.05) is 5.69 Å². The molecule has 1 saturated heterocycles. The molecule has 0 unspecified atom stereocenters. The van der Waals surface area contributed by atoms with Crippen LogP contribution >= 0.6 is 11.6 Å². The lowest BCUT2D eigenvalue weighted by atomic mass is 10.2. The van der Waals surface area contributed by atoms with Crippen molar-refractivity contribution in [2.24, 2.45) is 0 Å². The zero-order chi connectivity index (χ0) is 19.2. The van der Waals surface area contributed by atoms with Gasteiger partial charge in [0.25, 0.3) is 5.91 Å². The number of carbonyl (C=O) groups excluding carboxylic acids is 2. The number of rotatable bonds is 5. The summed E-state index contributed by atoms with van der Waals surface area (Å²) in [5.74, 6) is -0.591. The molecule has 142 valence electrons. The van der Waals surface area contributed by atoms with Gasteiger partial charge in [-0.2, -0.15) is 0 Å². The van der Waals surface area contributed by atoms with E-state index in [2.05, 4.69) is 22.3 Å². The average Bonchev–Trinajstić information content (AvgIpc) is 2.70. The molecule has 1 aliphatic heterocycles. The summed E-state index contributed by atoms with van der Waals surface area (Å²) >= 11 is 6.14. The van der Waals surface area contributed by atoms with Crippen molar-refractivity contribution in [2.75, 3.05) is 50.1 Å². The van der Waals surface area contributed by atoms with Crippen LogP contribution in [0, 0.1) is 0 Å². The summed E-state index contributed by atoms with van der Waals surface area (Å²) in [4.78, 5) is 27.6. The van der Waals surface area contributed by atoms with E-state index in [0.29, 0.717) is 22.8 Å². The third-order valence-corrected chi connectivity index (χ3v) is 4.99. The molecule has 0 aromatic heterocycles. The predicted octanol–water partition coefficient (Wildman–Crippen LogP) is 1.47. The molecule has 3 rings (SSSR count). The van der Waals surface area contributed by atoms with E-state index >= 15 is 0 Å². The molecular weight excluding hydrogens is 366 g/mol. The van der Waals surface area contributed by atoms with Crippen molar-refractivity contribution < 1.29 is 19.2 Å². The molecule has 0 aliphatic carbocycles. The Morgan fingerprint density at radius 1 is 1.15 bits per heavy atom. The van der Waals surface area contributed by atoms with Gasteiger partial charge in [-0.1, -0.05) is 29.8 Å². The molecule has 1 fully saturated rings. The fourth-order valence-electron chi connectivity index (χ4n) is 3.18. The van der Waals surface area contributed by atoms with Gasteiger partial charge in [-0.3, -0.25) is 4.79 Å². The van der Waals surface area contributed by atoms with Crippen LogP contribution in [0.1, 0.15) is 10.4 Å². The quantitative estimate of drug-likeness (QED) is 0.761. The molecule has 1 aliphatic rings. The third kappa shape index (κ3) is 4.99. The minimum absolute atomic E-state index is 0.123. The maximum Gasteiger partial charge on any atom is 0.337 e. The van der Waals surface area contributed by atoms with Gasteiger partial charge in [-0.05, 0) is 30.3 Å². The van der Waals surface area contributed by atoms with E-state index in [9.17, 15) is 9.59 Å². The molecule has 1 heterocycles. The number of esters is 1. The van der Waals surface area contributed by atoms with Crippen molar-refractivity contribution in [2.45, 2.75) is 0 Å². The second kappa shape index (κ2) is 8.88. The molecule has 0 saturated carbocycles. The Balaban J connectivity index is 1.54. The minimum atomic E-state index is -0.468. The van der Waals surface area contributed by atoms with Crippen molar-refractivity contribution >= 4 is 34.9 Å². The lowest BCUT2D eigenvalue weighted by Gasteiger charge is -2.33. The number of quaternary nitrogens is 1. The monoisotopic (exact) mass is 388 g/mol. The summed E-state index contributed by atoms with van der Waals surface area (Å²) in [5, 5.41) is 3.20. The fraction of sp³-hybridized carbons (Fsp3) is 0.300. The van der Waals surface area contributed by atoms with Crippen molar-refractivity contribution in [3.8, 4) is 0 Å². The lowest BCUT2D eigenvalue weighted by Crippen LogP contribution is -3.15.